The molecule has 0 atom stereocenters. The van der Waals surface area contributed by atoms with Crippen LogP contribution in [0.3, 0.4) is 0 Å². The SMILES string of the molecule is Cc1cc(-n2cnc3ccccc32)ccc1[N+](=O)[O-]. The topological polar surface area (TPSA) is 61.0 Å². The third-order valence-electron chi connectivity index (χ3n) is 3.11. The van der Waals surface area contributed by atoms with Gasteiger partial charge in [-0.2, -0.15) is 0 Å². The second kappa shape index (κ2) is 4.20. The van der Waals surface area contributed by atoms with Gasteiger partial charge in [0.2, 0.25) is 0 Å². The van der Waals surface area contributed by atoms with Gasteiger partial charge >= 0.3 is 0 Å². The number of aryl methyl sites for hydroxylation is 1. The van der Waals surface area contributed by atoms with Crippen molar-refractivity contribution in [3.8, 4) is 5.69 Å². The van der Waals surface area contributed by atoms with Gasteiger partial charge in [0, 0.05) is 17.3 Å². The molecule has 1 aromatic heterocycles. The molecule has 94 valence electrons. The van der Waals surface area contributed by atoms with Crippen molar-refractivity contribution in [2.45, 2.75) is 6.92 Å². The highest BCUT2D eigenvalue weighted by molar-refractivity contribution is 5.77. The van der Waals surface area contributed by atoms with Gasteiger partial charge in [0.25, 0.3) is 5.69 Å². The van der Waals surface area contributed by atoms with Gasteiger partial charge in [0.05, 0.1) is 16.0 Å². The van der Waals surface area contributed by atoms with Crippen LogP contribution in [0.2, 0.25) is 0 Å². The van der Waals surface area contributed by atoms with Crippen LogP contribution >= 0.6 is 0 Å². The molecule has 19 heavy (non-hydrogen) atoms. The summed E-state index contributed by atoms with van der Waals surface area (Å²) in [5.74, 6) is 0. The monoisotopic (exact) mass is 253 g/mol. The van der Waals surface area contributed by atoms with Gasteiger partial charge in [-0.05, 0) is 31.2 Å². The summed E-state index contributed by atoms with van der Waals surface area (Å²) in [4.78, 5) is 14.8. The first kappa shape index (κ1) is 11.4. The Morgan fingerprint density at radius 3 is 2.74 bits per heavy atom. The van der Waals surface area contributed by atoms with E-state index in [1.165, 1.54) is 6.07 Å². The molecule has 2 aromatic carbocycles. The van der Waals surface area contributed by atoms with Gasteiger partial charge in [-0.15, -0.1) is 0 Å². The Bertz CT molecular complexity index is 777. The zero-order valence-corrected chi connectivity index (χ0v) is 10.3. The summed E-state index contributed by atoms with van der Waals surface area (Å²) in [7, 11) is 0. The van der Waals surface area contributed by atoms with Crippen molar-refractivity contribution in [3.63, 3.8) is 0 Å². The zero-order valence-electron chi connectivity index (χ0n) is 10.3. The molecule has 0 amide bonds. The van der Waals surface area contributed by atoms with Gasteiger partial charge in [0.15, 0.2) is 0 Å². The van der Waals surface area contributed by atoms with E-state index in [0.717, 1.165) is 16.7 Å². The molecule has 0 bridgehead atoms. The fourth-order valence-corrected chi connectivity index (χ4v) is 2.16. The Labute approximate surface area is 109 Å². The minimum absolute atomic E-state index is 0.133. The van der Waals surface area contributed by atoms with Crippen molar-refractivity contribution in [1.29, 1.82) is 0 Å². The molecule has 0 fully saturated rings. The summed E-state index contributed by atoms with van der Waals surface area (Å²) in [6.45, 7) is 1.74. The zero-order chi connectivity index (χ0) is 13.4. The summed E-state index contributed by atoms with van der Waals surface area (Å²) in [5, 5.41) is 10.8. The number of nitro groups is 1. The fourth-order valence-electron chi connectivity index (χ4n) is 2.16. The first-order valence-electron chi connectivity index (χ1n) is 5.84. The van der Waals surface area contributed by atoms with E-state index in [-0.39, 0.29) is 10.6 Å². The number of aromatic nitrogens is 2. The highest BCUT2D eigenvalue weighted by Gasteiger charge is 2.11. The predicted molar refractivity (Wildman–Crippen MR) is 72.5 cm³/mol. The van der Waals surface area contributed by atoms with Gasteiger partial charge in [-0.3, -0.25) is 14.7 Å². The number of para-hydroxylation sites is 2. The molecule has 0 saturated carbocycles. The fraction of sp³-hybridized carbons (Fsp3) is 0.0714. The van der Waals surface area contributed by atoms with Crippen molar-refractivity contribution in [2.24, 2.45) is 0 Å². The van der Waals surface area contributed by atoms with Crippen LogP contribution in [0.4, 0.5) is 5.69 Å². The first-order chi connectivity index (χ1) is 9.16. The molecule has 0 spiro atoms. The van der Waals surface area contributed by atoms with E-state index in [1.54, 1.807) is 25.4 Å². The molecule has 5 heteroatoms. The van der Waals surface area contributed by atoms with Crippen LogP contribution < -0.4 is 0 Å². The average molecular weight is 253 g/mol. The Hall–Kier alpha value is -2.69. The number of nitrogens with zero attached hydrogens (tertiary/aromatic N) is 3. The van der Waals surface area contributed by atoms with Crippen LogP contribution in [0.5, 0.6) is 0 Å². The molecule has 0 unspecified atom stereocenters. The third kappa shape index (κ3) is 1.85. The van der Waals surface area contributed by atoms with Crippen LogP contribution in [0.1, 0.15) is 5.56 Å². The molecule has 0 aliphatic carbocycles. The first-order valence-corrected chi connectivity index (χ1v) is 5.84. The van der Waals surface area contributed by atoms with Crippen molar-refractivity contribution in [1.82, 2.24) is 9.55 Å². The van der Waals surface area contributed by atoms with Crippen molar-refractivity contribution in [3.05, 3.63) is 64.5 Å². The molecular formula is C14H11N3O2. The van der Waals surface area contributed by atoms with E-state index in [2.05, 4.69) is 4.98 Å². The lowest BCUT2D eigenvalue weighted by Gasteiger charge is -2.05. The summed E-state index contributed by atoms with van der Waals surface area (Å²) in [5.41, 5.74) is 3.53. The molecule has 0 N–H and O–H groups in total. The third-order valence-corrected chi connectivity index (χ3v) is 3.11. The van der Waals surface area contributed by atoms with Crippen molar-refractivity contribution in [2.75, 3.05) is 0 Å². The summed E-state index contributed by atoms with van der Waals surface area (Å²) in [6.07, 6.45) is 1.73. The summed E-state index contributed by atoms with van der Waals surface area (Å²) in [6, 6.07) is 12.8. The van der Waals surface area contributed by atoms with Gasteiger partial charge in [0.1, 0.15) is 6.33 Å². The Morgan fingerprint density at radius 2 is 2.00 bits per heavy atom. The molecule has 0 radical (unpaired) electrons. The maximum atomic E-state index is 10.8. The second-order valence-corrected chi connectivity index (χ2v) is 4.33. The smallest absolute Gasteiger partial charge is 0.272 e. The van der Waals surface area contributed by atoms with Crippen molar-refractivity contribution < 1.29 is 4.92 Å². The number of hydrogen-bond donors (Lipinski definition) is 0. The Morgan fingerprint density at radius 1 is 1.21 bits per heavy atom. The highest BCUT2D eigenvalue weighted by atomic mass is 16.6. The standard InChI is InChI=1S/C14H11N3O2/c1-10-8-11(6-7-13(10)17(18)19)16-9-15-12-4-2-3-5-14(12)16/h2-9H,1H3. The second-order valence-electron chi connectivity index (χ2n) is 4.33. The lowest BCUT2D eigenvalue weighted by atomic mass is 10.2. The Kier molecular flexibility index (Phi) is 2.52. The van der Waals surface area contributed by atoms with E-state index in [9.17, 15) is 10.1 Å². The average Bonchev–Trinajstić information content (AvgIpc) is 2.82. The van der Waals surface area contributed by atoms with E-state index < -0.39 is 0 Å². The summed E-state index contributed by atoms with van der Waals surface area (Å²) >= 11 is 0. The highest BCUT2D eigenvalue weighted by Crippen LogP contribution is 2.23. The van der Waals surface area contributed by atoms with Gasteiger partial charge in [-0.1, -0.05) is 12.1 Å². The minimum atomic E-state index is -0.370. The largest absolute Gasteiger partial charge is 0.299 e. The van der Waals surface area contributed by atoms with Crippen LogP contribution in [-0.4, -0.2) is 14.5 Å². The van der Waals surface area contributed by atoms with Crippen LogP contribution in [0, 0.1) is 17.0 Å². The lowest BCUT2D eigenvalue weighted by molar-refractivity contribution is -0.385. The molecule has 1 heterocycles. The van der Waals surface area contributed by atoms with Gasteiger partial charge in [-0.25, -0.2) is 4.98 Å². The number of imidazole rings is 1. The number of fused-ring (bicyclic) bond motifs is 1. The maximum absolute atomic E-state index is 10.8. The molecule has 3 rings (SSSR count). The van der Waals surface area contributed by atoms with E-state index >= 15 is 0 Å². The number of benzene rings is 2. The Balaban J connectivity index is 2.17. The molecule has 3 aromatic rings. The van der Waals surface area contributed by atoms with E-state index in [4.69, 9.17) is 0 Å². The van der Waals surface area contributed by atoms with Crippen LogP contribution in [0.25, 0.3) is 16.7 Å². The minimum Gasteiger partial charge on any atom is -0.299 e. The molecule has 0 saturated heterocycles. The quantitative estimate of drug-likeness (QED) is 0.520. The molecule has 0 aliphatic rings. The summed E-state index contributed by atoms with van der Waals surface area (Å²) < 4.78 is 1.92. The lowest BCUT2D eigenvalue weighted by Crippen LogP contribution is -1.96. The number of rotatable bonds is 2. The normalized spacial score (nSPS) is 10.8. The number of hydrogen-bond acceptors (Lipinski definition) is 3. The van der Waals surface area contributed by atoms with Crippen LogP contribution in [-0.2, 0) is 0 Å². The predicted octanol–water partition coefficient (Wildman–Crippen LogP) is 3.24. The van der Waals surface area contributed by atoms with Crippen molar-refractivity contribution >= 4 is 16.7 Å². The maximum Gasteiger partial charge on any atom is 0.272 e. The molecular weight excluding hydrogens is 242 g/mol. The molecule has 0 aliphatic heterocycles. The van der Waals surface area contributed by atoms with E-state index in [1.807, 2.05) is 28.8 Å². The molecule has 5 nitrogen and oxygen atoms in total. The van der Waals surface area contributed by atoms with E-state index in [0.29, 0.717) is 5.56 Å². The number of nitro benzene ring substituents is 1. The van der Waals surface area contributed by atoms with Crippen LogP contribution in [0.15, 0.2) is 48.8 Å². The van der Waals surface area contributed by atoms with Gasteiger partial charge < -0.3 is 0 Å².